The Hall–Kier alpha value is -4.88. The summed E-state index contributed by atoms with van der Waals surface area (Å²) in [6, 6.07) is 11.8. The zero-order valence-electron chi connectivity index (χ0n) is 21.5. The summed E-state index contributed by atoms with van der Waals surface area (Å²) < 4.78 is 62.2. The van der Waals surface area contributed by atoms with Crippen molar-refractivity contribution < 1.29 is 27.1 Å². The highest BCUT2D eigenvalue weighted by Gasteiger charge is 2.36. The number of carbonyl (C=O) groups excluding carboxylic acids is 1. The van der Waals surface area contributed by atoms with E-state index in [9.17, 15) is 22.4 Å². The summed E-state index contributed by atoms with van der Waals surface area (Å²) in [5.41, 5.74) is 1.28. The number of halogens is 4. The molecule has 0 saturated carbocycles. The van der Waals surface area contributed by atoms with Gasteiger partial charge in [-0.1, -0.05) is 0 Å². The molecule has 5 rings (SSSR count). The number of alkyl halides is 3. The van der Waals surface area contributed by atoms with E-state index in [2.05, 4.69) is 25.4 Å². The molecule has 206 valence electrons. The maximum Gasteiger partial charge on any atom is 0.416 e. The molecule has 1 aromatic carbocycles. The molecule has 5 aromatic rings. The third-order valence-electron chi connectivity index (χ3n) is 5.50. The van der Waals surface area contributed by atoms with Crippen molar-refractivity contribution in [1.82, 2.24) is 34.6 Å². The van der Waals surface area contributed by atoms with Gasteiger partial charge in [-0.3, -0.25) is 4.90 Å². The monoisotopic (exact) mass is 554 g/mol. The Morgan fingerprint density at radius 2 is 1.75 bits per heavy atom. The number of hydrogen-bond acceptors (Lipinski definition) is 7. The maximum atomic E-state index is 13.7. The van der Waals surface area contributed by atoms with Crippen LogP contribution < -0.4 is 4.90 Å². The Kier molecular flexibility index (Phi) is 6.69. The summed E-state index contributed by atoms with van der Waals surface area (Å²) in [5, 5.41) is 16.8. The molecular formula is C26H22F4N8O2. The van der Waals surface area contributed by atoms with Gasteiger partial charge in [0.15, 0.2) is 11.5 Å². The number of hydrogen-bond donors (Lipinski definition) is 0. The number of rotatable bonds is 5. The Morgan fingerprint density at radius 3 is 2.45 bits per heavy atom. The lowest BCUT2D eigenvalue weighted by Crippen LogP contribution is -2.42. The van der Waals surface area contributed by atoms with Gasteiger partial charge in [0.2, 0.25) is 0 Å². The molecule has 1 amide bonds. The van der Waals surface area contributed by atoms with Crippen molar-refractivity contribution in [1.29, 1.82) is 0 Å². The molecule has 0 aliphatic rings. The molecule has 0 unspecified atom stereocenters. The number of ether oxygens (including phenoxy) is 1. The summed E-state index contributed by atoms with van der Waals surface area (Å²) in [6.07, 6.45) is -1.59. The van der Waals surface area contributed by atoms with E-state index in [4.69, 9.17) is 4.74 Å². The van der Waals surface area contributed by atoms with Crippen molar-refractivity contribution in [2.24, 2.45) is 0 Å². The minimum Gasteiger partial charge on any atom is -0.443 e. The van der Waals surface area contributed by atoms with Gasteiger partial charge in [0.1, 0.15) is 35.8 Å². The molecule has 4 heterocycles. The van der Waals surface area contributed by atoms with E-state index in [1.807, 2.05) is 0 Å². The van der Waals surface area contributed by atoms with Gasteiger partial charge in [0, 0.05) is 23.5 Å². The van der Waals surface area contributed by atoms with Crippen LogP contribution in [0.3, 0.4) is 0 Å². The molecule has 0 bridgehead atoms. The predicted molar refractivity (Wildman–Crippen MR) is 136 cm³/mol. The van der Waals surface area contributed by atoms with E-state index in [0.717, 1.165) is 0 Å². The average molecular weight is 555 g/mol. The molecule has 0 saturated heterocycles. The fraction of sp³-hybridized carbons (Fsp3) is 0.231. The predicted octanol–water partition coefficient (Wildman–Crippen LogP) is 5.48. The third kappa shape index (κ3) is 5.90. The minimum atomic E-state index is -4.72. The summed E-state index contributed by atoms with van der Waals surface area (Å²) >= 11 is 0. The van der Waals surface area contributed by atoms with Gasteiger partial charge >= 0.3 is 12.3 Å². The standard InChI is InChI=1S/C26H22F4N8O2/c1-25(2,3)40-24(39)36(14-26(28,29)30)22-12-17(10-11-31-22)19-13-37(21-9-8-20-33-32-15-38(20)34-21)35-23(19)16-4-6-18(27)7-5-16/h4-13,15H,14H2,1-3H3. The Bertz CT molecular complexity index is 1670. The van der Waals surface area contributed by atoms with Gasteiger partial charge in [0.25, 0.3) is 0 Å². The van der Waals surface area contributed by atoms with Gasteiger partial charge in [-0.15, -0.1) is 15.3 Å². The van der Waals surface area contributed by atoms with E-state index in [1.165, 1.54) is 52.1 Å². The highest BCUT2D eigenvalue weighted by atomic mass is 19.4. The van der Waals surface area contributed by atoms with Crippen LogP contribution in [0.2, 0.25) is 0 Å². The topological polar surface area (TPSA) is 103 Å². The van der Waals surface area contributed by atoms with Crippen LogP contribution in [0.1, 0.15) is 20.8 Å². The van der Waals surface area contributed by atoms with Crippen LogP contribution in [0, 0.1) is 5.82 Å². The minimum absolute atomic E-state index is 0.272. The Balaban J connectivity index is 1.62. The molecule has 10 nitrogen and oxygen atoms in total. The molecule has 0 spiro atoms. The van der Waals surface area contributed by atoms with Crippen molar-refractivity contribution in [3.05, 3.63) is 73.1 Å². The maximum absolute atomic E-state index is 13.7. The van der Waals surface area contributed by atoms with Gasteiger partial charge in [-0.25, -0.2) is 18.9 Å². The normalized spacial score (nSPS) is 12.1. The smallest absolute Gasteiger partial charge is 0.416 e. The highest BCUT2D eigenvalue weighted by molar-refractivity contribution is 5.89. The van der Waals surface area contributed by atoms with E-state index in [1.54, 1.807) is 45.2 Å². The van der Waals surface area contributed by atoms with Crippen LogP contribution in [0.5, 0.6) is 0 Å². The second kappa shape index (κ2) is 10.0. The Labute approximate surface area is 224 Å². The van der Waals surface area contributed by atoms with E-state index in [0.29, 0.717) is 38.7 Å². The first-order valence-electron chi connectivity index (χ1n) is 11.9. The second-order valence-electron chi connectivity index (χ2n) is 9.75. The molecule has 0 N–H and O–H groups in total. The molecule has 0 radical (unpaired) electrons. The van der Waals surface area contributed by atoms with Gasteiger partial charge < -0.3 is 4.74 Å². The van der Waals surface area contributed by atoms with Crippen molar-refractivity contribution in [3.8, 4) is 28.2 Å². The summed E-state index contributed by atoms with van der Waals surface area (Å²) in [4.78, 5) is 17.2. The van der Waals surface area contributed by atoms with Gasteiger partial charge in [-0.05, 0) is 74.9 Å². The average Bonchev–Trinajstić information content (AvgIpc) is 3.53. The van der Waals surface area contributed by atoms with Crippen molar-refractivity contribution in [2.75, 3.05) is 11.4 Å². The van der Waals surface area contributed by atoms with Crippen LogP contribution in [0.15, 0.2) is 67.3 Å². The Morgan fingerprint density at radius 1 is 1.00 bits per heavy atom. The summed E-state index contributed by atoms with van der Waals surface area (Å²) in [7, 11) is 0. The number of aromatic nitrogens is 7. The molecule has 0 aliphatic heterocycles. The second-order valence-corrected chi connectivity index (χ2v) is 9.75. The zero-order valence-corrected chi connectivity index (χ0v) is 21.5. The lowest BCUT2D eigenvalue weighted by molar-refractivity contribution is -0.119. The van der Waals surface area contributed by atoms with Crippen LogP contribution in [0.25, 0.3) is 33.8 Å². The largest absolute Gasteiger partial charge is 0.443 e. The van der Waals surface area contributed by atoms with Gasteiger partial charge in [0.05, 0.1) is 0 Å². The SMILES string of the molecule is CC(C)(C)OC(=O)N(CC(F)(F)F)c1cc(-c2cn(-c3ccc4nncn4n3)nc2-c2ccc(F)cc2)ccn1. The van der Waals surface area contributed by atoms with Crippen LogP contribution in [-0.2, 0) is 4.74 Å². The lowest BCUT2D eigenvalue weighted by Gasteiger charge is -2.27. The van der Waals surface area contributed by atoms with Crippen molar-refractivity contribution in [3.63, 3.8) is 0 Å². The molecule has 0 fully saturated rings. The van der Waals surface area contributed by atoms with Crippen molar-refractivity contribution in [2.45, 2.75) is 32.5 Å². The van der Waals surface area contributed by atoms with E-state index < -0.39 is 30.2 Å². The first-order chi connectivity index (χ1) is 18.9. The van der Waals surface area contributed by atoms with E-state index >= 15 is 0 Å². The fourth-order valence-corrected chi connectivity index (χ4v) is 3.83. The first-order valence-corrected chi connectivity index (χ1v) is 11.9. The number of nitrogens with zero attached hydrogens (tertiary/aromatic N) is 8. The number of anilines is 1. The quantitative estimate of drug-likeness (QED) is 0.265. The number of amides is 1. The number of fused-ring (bicyclic) bond motifs is 1. The first kappa shape index (κ1) is 26.7. The summed E-state index contributed by atoms with van der Waals surface area (Å²) in [6.45, 7) is 3.05. The van der Waals surface area contributed by atoms with Gasteiger partial charge in [-0.2, -0.15) is 22.8 Å². The number of carbonyl (C=O) groups is 1. The van der Waals surface area contributed by atoms with Crippen LogP contribution >= 0.6 is 0 Å². The molecule has 40 heavy (non-hydrogen) atoms. The highest BCUT2D eigenvalue weighted by Crippen LogP contribution is 2.34. The van der Waals surface area contributed by atoms with Crippen LogP contribution in [-0.4, -0.2) is 59.0 Å². The number of benzene rings is 1. The molecule has 0 aliphatic carbocycles. The fourth-order valence-electron chi connectivity index (χ4n) is 3.83. The van der Waals surface area contributed by atoms with E-state index in [-0.39, 0.29) is 5.82 Å². The molecule has 4 aromatic heterocycles. The number of pyridine rings is 1. The zero-order chi connectivity index (χ0) is 28.7. The molecule has 14 heteroatoms. The molecular weight excluding hydrogens is 532 g/mol. The summed E-state index contributed by atoms with van der Waals surface area (Å²) in [5.74, 6) is -0.328. The third-order valence-corrected chi connectivity index (χ3v) is 5.50. The molecule has 0 atom stereocenters. The van der Waals surface area contributed by atoms with Crippen LogP contribution in [0.4, 0.5) is 28.2 Å². The van der Waals surface area contributed by atoms with Crippen molar-refractivity contribution >= 4 is 17.6 Å². The lowest BCUT2D eigenvalue weighted by atomic mass is 10.0.